The van der Waals surface area contributed by atoms with Crippen LogP contribution < -0.4 is 10.5 Å². The summed E-state index contributed by atoms with van der Waals surface area (Å²) in [5, 5.41) is 47.7. The summed E-state index contributed by atoms with van der Waals surface area (Å²) >= 11 is 0. The van der Waals surface area contributed by atoms with Gasteiger partial charge >= 0.3 is 35.8 Å². The number of carboxylic acid groups (broad SMARTS) is 6. The molecule has 0 bridgehead atoms. The lowest BCUT2D eigenvalue weighted by Crippen LogP contribution is -2.49. The highest BCUT2D eigenvalue weighted by atomic mass is 16.5. The zero-order valence-corrected chi connectivity index (χ0v) is 33.4. The molecular weight excluding hydrogens is 812 g/mol. The molecule has 328 valence electrons. The number of carboxylic acids is 6. The number of para-hydroxylation sites is 1. The number of piperazine rings is 1. The van der Waals surface area contributed by atoms with Gasteiger partial charge in [-0.05, 0) is 62.6 Å². The van der Waals surface area contributed by atoms with E-state index in [9.17, 15) is 33.6 Å². The number of nitrogens with zero attached hydrogens (tertiary/aromatic N) is 5. The number of fused-ring (bicyclic) bond motifs is 1. The third-order valence-electron chi connectivity index (χ3n) is 9.28. The molecule has 4 aromatic rings. The van der Waals surface area contributed by atoms with Gasteiger partial charge in [0.1, 0.15) is 29.3 Å². The van der Waals surface area contributed by atoms with Crippen LogP contribution in [0.4, 0.5) is 5.82 Å². The molecule has 0 atom stereocenters. The van der Waals surface area contributed by atoms with Crippen molar-refractivity contribution in [2.45, 2.75) is 37.8 Å². The van der Waals surface area contributed by atoms with Crippen LogP contribution in [0.2, 0.25) is 0 Å². The maximum Gasteiger partial charge on any atom is 0.328 e. The first-order chi connectivity index (χ1) is 29.5. The number of hydrogen-bond donors (Lipinski definition) is 7. The molecule has 20 nitrogen and oxygen atoms in total. The number of benzene rings is 2. The second-order valence-corrected chi connectivity index (χ2v) is 13.5. The molecule has 0 unspecified atom stereocenters. The van der Waals surface area contributed by atoms with Crippen LogP contribution in [-0.2, 0) is 28.8 Å². The van der Waals surface area contributed by atoms with Gasteiger partial charge in [-0.1, -0.05) is 24.3 Å². The maximum absolute atomic E-state index is 12.0. The molecule has 20 heteroatoms. The minimum atomic E-state index is -1.26. The van der Waals surface area contributed by atoms with E-state index in [0.29, 0.717) is 71.4 Å². The predicted octanol–water partition coefficient (Wildman–Crippen LogP) is 4.15. The monoisotopic (exact) mass is 858 g/mol. The summed E-state index contributed by atoms with van der Waals surface area (Å²) in [7, 11) is 2.21. The number of hydrogen-bond acceptors (Lipinski definition) is 13. The number of ether oxygens (including phenoxy) is 1. The van der Waals surface area contributed by atoms with E-state index in [1.807, 2.05) is 48.5 Å². The molecule has 62 heavy (non-hydrogen) atoms. The van der Waals surface area contributed by atoms with Crippen molar-refractivity contribution < 1.29 is 68.9 Å². The lowest BCUT2D eigenvalue weighted by molar-refractivity contribution is -0.134. The zero-order valence-electron chi connectivity index (χ0n) is 33.4. The van der Waals surface area contributed by atoms with Crippen LogP contribution in [0.15, 0.2) is 97.5 Å². The van der Waals surface area contributed by atoms with Crippen molar-refractivity contribution in [3.8, 4) is 22.6 Å². The number of aldehydes is 1. The highest BCUT2D eigenvalue weighted by Gasteiger charge is 2.30. The van der Waals surface area contributed by atoms with Crippen molar-refractivity contribution in [3.05, 3.63) is 103 Å². The Balaban J connectivity index is 0.000000349. The molecule has 2 aromatic heterocycles. The van der Waals surface area contributed by atoms with Crippen LogP contribution in [0.3, 0.4) is 0 Å². The van der Waals surface area contributed by atoms with Crippen molar-refractivity contribution in [1.82, 2.24) is 24.3 Å². The second-order valence-electron chi connectivity index (χ2n) is 13.5. The number of rotatable bonds is 12. The van der Waals surface area contributed by atoms with E-state index in [2.05, 4.69) is 37.6 Å². The smallest absolute Gasteiger partial charge is 0.328 e. The molecule has 6 rings (SSSR count). The third-order valence-corrected chi connectivity index (χ3v) is 9.28. The fourth-order valence-electron chi connectivity index (χ4n) is 6.44. The van der Waals surface area contributed by atoms with Gasteiger partial charge in [0, 0.05) is 86.5 Å². The summed E-state index contributed by atoms with van der Waals surface area (Å²) in [6.07, 6.45) is 12.5. The highest BCUT2D eigenvalue weighted by molar-refractivity contribution is 6.01. The van der Waals surface area contributed by atoms with Crippen LogP contribution >= 0.6 is 0 Å². The molecule has 1 saturated heterocycles. The van der Waals surface area contributed by atoms with Crippen molar-refractivity contribution in [2.24, 2.45) is 0 Å². The Bertz CT molecular complexity index is 2160. The molecule has 1 aliphatic carbocycles. The van der Waals surface area contributed by atoms with Gasteiger partial charge in [0.15, 0.2) is 6.29 Å². The van der Waals surface area contributed by atoms with E-state index >= 15 is 0 Å². The topological polar surface area (TPSA) is 313 Å². The normalized spacial score (nSPS) is 16.5. The zero-order chi connectivity index (χ0) is 45.8. The molecule has 0 spiro atoms. The number of carbonyl (C=O) groups excluding carboxylic acids is 1. The average Bonchev–Trinajstić information content (AvgIpc) is 3.64. The van der Waals surface area contributed by atoms with Gasteiger partial charge in [-0.2, -0.15) is 0 Å². The van der Waals surface area contributed by atoms with E-state index < -0.39 is 35.8 Å². The molecule has 3 heterocycles. The molecule has 2 aromatic carbocycles. The molecule has 1 saturated carbocycles. The van der Waals surface area contributed by atoms with E-state index in [1.165, 1.54) is 12.8 Å². The summed E-state index contributed by atoms with van der Waals surface area (Å²) in [4.78, 5) is 83.4. The van der Waals surface area contributed by atoms with Crippen LogP contribution in [0.25, 0.3) is 22.2 Å². The Hall–Kier alpha value is -7.71. The molecule has 1 aliphatic heterocycles. The average molecular weight is 859 g/mol. The van der Waals surface area contributed by atoms with Gasteiger partial charge < -0.3 is 50.6 Å². The largest absolute Gasteiger partial charge is 0.478 e. The van der Waals surface area contributed by atoms with Gasteiger partial charge in [0.25, 0.3) is 0 Å². The number of likely N-dealkylation sites (N-methyl/N-ethyl adjacent to an activating group) is 1. The number of nitrogen functional groups attached to an aromatic ring is 1. The van der Waals surface area contributed by atoms with Crippen molar-refractivity contribution in [2.75, 3.05) is 39.0 Å². The molecule has 2 fully saturated rings. The molecule has 2 aliphatic rings. The van der Waals surface area contributed by atoms with Gasteiger partial charge in [-0.15, -0.1) is 0 Å². The third kappa shape index (κ3) is 16.2. The van der Waals surface area contributed by atoms with Crippen LogP contribution in [-0.4, -0.2) is 136 Å². The highest BCUT2D eigenvalue weighted by Crippen LogP contribution is 2.40. The quantitative estimate of drug-likeness (QED) is 0.0777. The van der Waals surface area contributed by atoms with E-state index in [0.717, 1.165) is 67.5 Å². The maximum atomic E-state index is 12.0. The fourth-order valence-corrected chi connectivity index (χ4v) is 6.44. The first-order valence-corrected chi connectivity index (χ1v) is 18.8. The van der Waals surface area contributed by atoms with Gasteiger partial charge in [0.2, 0.25) is 0 Å². The van der Waals surface area contributed by atoms with Crippen LogP contribution in [0.5, 0.6) is 11.5 Å². The lowest BCUT2D eigenvalue weighted by Gasteiger charge is -2.41. The Morgan fingerprint density at radius 3 is 1.63 bits per heavy atom. The Morgan fingerprint density at radius 2 is 1.16 bits per heavy atom. The van der Waals surface area contributed by atoms with E-state index in [4.69, 9.17) is 41.1 Å². The summed E-state index contributed by atoms with van der Waals surface area (Å²) in [5.74, 6) is -5.89. The molecule has 0 amide bonds. The van der Waals surface area contributed by atoms with Crippen molar-refractivity contribution in [3.63, 3.8) is 0 Å². The number of aromatic nitrogens is 3. The molecule has 0 radical (unpaired) electrons. The van der Waals surface area contributed by atoms with Crippen LogP contribution in [0.1, 0.15) is 42.1 Å². The molecule has 8 N–H and O–H groups in total. The molecular formula is C42H46N6O14. The number of anilines is 1. The Morgan fingerprint density at radius 1 is 0.677 bits per heavy atom. The SMILES string of the molecule is CN1CCN(C2CCC(n3cc(-c4ccc(Oc5ccccc5)c(C=O)c4)c4c(N)ncnc43)CC2)CC1.O=C(O)/C=C\C(=O)O.O=C(O)/C=C\C(=O)O.O=C(O)/C=C\C(=O)O. The minimum absolute atomic E-state index is 0.357. The van der Waals surface area contributed by atoms with Gasteiger partial charge in [-0.25, -0.2) is 38.7 Å². The van der Waals surface area contributed by atoms with Gasteiger partial charge in [0.05, 0.1) is 10.9 Å². The number of carbonyl (C=O) groups is 7. The summed E-state index contributed by atoms with van der Waals surface area (Å²) in [5.41, 5.74) is 9.57. The lowest BCUT2D eigenvalue weighted by atomic mass is 9.89. The van der Waals surface area contributed by atoms with Gasteiger partial charge in [-0.3, -0.25) is 9.69 Å². The predicted molar refractivity (Wildman–Crippen MR) is 223 cm³/mol. The van der Waals surface area contributed by atoms with E-state index in [1.54, 1.807) is 6.33 Å². The standard InChI is InChI=1S/C30H34N6O2.3C4H4O4/c1-34-13-15-35(16-14-34)23-8-10-24(11-9-23)36-18-26(28-29(31)32-20-33-30(28)36)21-7-12-27(22(17-21)19-37)38-25-5-3-2-4-6-25;3*5-3(6)1-2-4(7)8/h2-7,12,17-20,23-24H,8-11,13-16H2,1H3,(H2,31,32,33);3*1-2H,(H,5,6)(H,7,8)/b;3*2-1-. The number of nitrogens with two attached hydrogens (primary N) is 1. The Kier molecular flexibility index (Phi) is 19.1. The Labute approximate surface area is 354 Å². The van der Waals surface area contributed by atoms with E-state index in [-0.39, 0.29) is 0 Å². The van der Waals surface area contributed by atoms with Crippen LogP contribution in [0, 0.1) is 0 Å². The second kappa shape index (κ2) is 24.4. The summed E-state index contributed by atoms with van der Waals surface area (Å²) in [6, 6.07) is 16.2. The number of aliphatic carboxylic acids is 6. The fraction of sp³-hybridized carbons (Fsp3) is 0.262. The minimum Gasteiger partial charge on any atom is -0.478 e. The summed E-state index contributed by atoms with van der Waals surface area (Å²) < 4.78 is 8.27. The first kappa shape index (κ1) is 48.7. The van der Waals surface area contributed by atoms with Crippen molar-refractivity contribution >= 4 is 59.0 Å². The van der Waals surface area contributed by atoms with Crippen molar-refractivity contribution in [1.29, 1.82) is 0 Å². The first-order valence-electron chi connectivity index (χ1n) is 18.8. The summed E-state index contributed by atoms with van der Waals surface area (Å²) in [6.45, 7) is 4.63.